The molecular weight excluding hydrogens is 474 g/mol. The Balaban J connectivity index is 2.24. The first-order valence-electron chi connectivity index (χ1n) is 9.03. The van der Waals surface area contributed by atoms with Gasteiger partial charge in [0.05, 0.1) is 16.1 Å². The Morgan fingerprint density at radius 3 is 2.16 bits per heavy atom. The number of alkyl halides is 7. The molecule has 0 spiro atoms. The highest BCUT2D eigenvalue weighted by Crippen LogP contribution is 2.47. The monoisotopic (exact) mass is 489 g/mol. The molecule has 0 aromatic heterocycles. The standard InChI is InChI=1S/C19H15F8NO3S/c20-11-1-3-12(4-2-11)28-9-10(5-6-18(22,23)24)17(21)32(30,31)16-8-15(29)13(7-14(16)28)19(25,26)27/h1-4,7-8,10,17,29H,5-6,9H2/t10-,17-/m1/s1. The number of hydrogen-bond acceptors (Lipinski definition) is 4. The molecule has 0 radical (unpaired) electrons. The lowest BCUT2D eigenvalue weighted by Crippen LogP contribution is -2.32. The summed E-state index contributed by atoms with van der Waals surface area (Å²) < 4.78 is 132. The molecule has 0 saturated carbocycles. The fourth-order valence-electron chi connectivity index (χ4n) is 3.45. The fourth-order valence-corrected chi connectivity index (χ4v) is 5.16. The molecule has 176 valence electrons. The van der Waals surface area contributed by atoms with Gasteiger partial charge in [0.2, 0.25) is 15.3 Å². The van der Waals surface area contributed by atoms with E-state index in [-0.39, 0.29) is 17.8 Å². The third-order valence-corrected chi connectivity index (χ3v) is 6.92. The first kappa shape index (κ1) is 24.1. The van der Waals surface area contributed by atoms with E-state index in [4.69, 9.17) is 0 Å². The molecule has 1 aliphatic rings. The van der Waals surface area contributed by atoms with Crippen LogP contribution in [0.4, 0.5) is 46.5 Å². The highest BCUT2D eigenvalue weighted by atomic mass is 32.2. The highest BCUT2D eigenvalue weighted by molar-refractivity contribution is 7.92. The number of phenolic OH excluding ortho intramolecular Hbond substituents is 1. The fraction of sp³-hybridized carbons (Fsp3) is 0.368. The summed E-state index contributed by atoms with van der Waals surface area (Å²) in [4.78, 5) is -0.143. The van der Waals surface area contributed by atoms with Gasteiger partial charge in [-0.2, -0.15) is 26.3 Å². The van der Waals surface area contributed by atoms with Crippen molar-refractivity contribution in [2.24, 2.45) is 5.92 Å². The van der Waals surface area contributed by atoms with Crippen LogP contribution in [0.15, 0.2) is 41.3 Å². The normalized spacial score (nSPS) is 21.2. The number of hydrogen-bond donors (Lipinski definition) is 1. The summed E-state index contributed by atoms with van der Waals surface area (Å²) in [5.74, 6) is -4.01. The van der Waals surface area contributed by atoms with E-state index in [2.05, 4.69) is 0 Å². The Morgan fingerprint density at radius 2 is 1.62 bits per heavy atom. The molecule has 0 saturated heterocycles. The minimum Gasteiger partial charge on any atom is -0.507 e. The van der Waals surface area contributed by atoms with Crippen LogP contribution < -0.4 is 4.90 Å². The summed E-state index contributed by atoms with van der Waals surface area (Å²) in [7, 11) is -5.09. The lowest BCUT2D eigenvalue weighted by atomic mass is 10.0. The Hall–Kier alpha value is -2.57. The van der Waals surface area contributed by atoms with Crippen molar-refractivity contribution in [3.05, 3.63) is 47.8 Å². The third-order valence-electron chi connectivity index (χ3n) is 5.00. The number of halogens is 8. The van der Waals surface area contributed by atoms with Crippen LogP contribution in [-0.2, 0) is 16.0 Å². The Morgan fingerprint density at radius 1 is 1.03 bits per heavy atom. The summed E-state index contributed by atoms with van der Waals surface area (Å²) in [6.07, 6.45) is -12.3. The second-order valence-electron chi connectivity index (χ2n) is 7.23. The van der Waals surface area contributed by atoms with E-state index in [1.807, 2.05) is 0 Å². The Bertz CT molecular complexity index is 1100. The largest absolute Gasteiger partial charge is 0.507 e. The molecule has 0 unspecified atom stereocenters. The molecule has 0 amide bonds. The second kappa shape index (κ2) is 8.09. The van der Waals surface area contributed by atoms with Crippen LogP contribution in [-0.4, -0.2) is 31.7 Å². The van der Waals surface area contributed by atoms with E-state index in [1.165, 1.54) is 0 Å². The van der Waals surface area contributed by atoms with Gasteiger partial charge < -0.3 is 10.0 Å². The van der Waals surface area contributed by atoms with Gasteiger partial charge in [-0.1, -0.05) is 0 Å². The third kappa shape index (κ3) is 4.76. The van der Waals surface area contributed by atoms with Crippen molar-refractivity contribution < 1.29 is 48.6 Å². The van der Waals surface area contributed by atoms with Crippen molar-refractivity contribution in [3.63, 3.8) is 0 Å². The molecule has 1 N–H and O–H groups in total. The minimum absolute atomic E-state index is 0.0761. The van der Waals surface area contributed by atoms with E-state index < -0.39 is 80.7 Å². The maximum atomic E-state index is 15.0. The van der Waals surface area contributed by atoms with Crippen molar-refractivity contribution in [3.8, 4) is 5.75 Å². The van der Waals surface area contributed by atoms with Crippen LogP contribution in [0.5, 0.6) is 5.75 Å². The van der Waals surface area contributed by atoms with Crippen LogP contribution in [0.2, 0.25) is 0 Å². The number of phenols is 1. The molecule has 2 atom stereocenters. The number of sulfone groups is 1. The summed E-state index contributed by atoms with van der Waals surface area (Å²) in [5, 5.41) is 9.76. The Labute approximate surface area is 177 Å². The molecule has 0 aliphatic carbocycles. The van der Waals surface area contributed by atoms with E-state index >= 15 is 4.39 Å². The lowest BCUT2D eigenvalue weighted by Gasteiger charge is -2.28. The van der Waals surface area contributed by atoms with Gasteiger partial charge >= 0.3 is 12.4 Å². The average Bonchev–Trinajstić information content (AvgIpc) is 2.74. The Kier molecular flexibility index (Phi) is 6.09. The van der Waals surface area contributed by atoms with Crippen molar-refractivity contribution in [2.75, 3.05) is 11.4 Å². The minimum atomic E-state index is -5.12. The number of benzene rings is 2. The average molecular weight is 489 g/mol. The molecule has 32 heavy (non-hydrogen) atoms. The van der Waals surface area contributed by atoms with Gasteiger partial charge in [-0.3, -0.25) is 0 Å². The van der Waals surface area contributed by atoms with Gasteiger partial charge in [0.15, 0.2) is 0 Å². The number of nitrogens with zero attached hydrogens (tertiary/aromatic N) is 1. The van der Waals surface area contributed by atoms with Crippen LogP contribution in [0, 0.1) is 11.7 Å². The number of anilines is 2. The summed E-state index contributed by atoms with van der Waals surface area (Å²) in [6, 6.07) is 4.43. The van der Waals surface area contributed by atoms with Crippen LogP contribution in [0.1, 0.15) is 18.4 Å². The van der Waals surface area contributed by atoms with Crippen molar-refractivity contribution in [2.45, 2.75) is 35.6 Å². The quantitative estimate of drug-likeness (QED) is 0.560. The van der Waals surface area contributed by atoms with Crippen molar-refractivity contribution >= 4 is 21.2 Å². The molecule has 2 aromatic rings. The predicted molar refractivity (Wildman–Crippen MR) is 97.4 cm³/mol. The molecule has 0 bridgehead atoms. The highest BCUT2D eigenvalue weighted by Gasteiger charge is 2.45. The zero-order valence-corrected chi connectivity index (χ0v) is 16.7. The predicted octanol–water partition coefficient (Wildman–Crippen LogP) is 5.73. The molecule has 3 rings (SSSR count). The summed E-state index contributed by atoms with van der Waals surface area (Å²) in [6.45, 7) is -0.739. The van der Waals surface area contributed by atoms with Gasteiger partial charge in [-0.25, -0.2) is 17.2 Å². The maximum Gasteiger partial charge on any atom is 0.420 e. The summed E-state index contributed by atoms with van der Waals surface area (Å²) in [5.41, 5.74) is -5.28. The summed E-state index contributed by atoms with van der Waals surface area (Å²) >= 11 is 0. The second-order valence-corrected chi connectivity index (χ2v) is 9.21. The van der Waals surface area contributed by atoms with E-state index in [1.54, 1.807) is 0 Å². The molecular formula is C19H15F8NO3S. The van der Waals surface area contributed by atoms with E-state index in [0.29, 0.717) is 0 Å². The van der Waals surface area contributed by atoms with E-state index in [0.717, 1.165) is 29.2 Å². The molecule has 2 aromatic carbocycles. The zero-order valence-electron chi connectivity index (χ0n) is 15.9. The molecule has 1 heterocycles. The number of rotatable bonds is 3. The van der Waals surface area contributed by atoms with Gasteiger partial charge in [0.25, 0.3) is 0 Å². The molecule has 13 heteroatoms. The van der Waals surface area contributed by atoms with Gasteiger partial charge in [-0.15, -0.1) is 0 Å². The van der Waals surface area contributed by atoms with E-state index in [9.17, 15) is 44.3 Å². The van der Waals surface area contributed by atoms with Crippen LogP contribution in [0.25, 0.3) is 0 Å². The SMILES string of the molecule is O=S1(=O)c2cc(O)c(C(F)(F)F)cc2N(c2ccc(F)cc2)C[C@@H](CCC(F)(F)F)[C@@H]1F. The van der Waals surface area contributed by atoms with Gasteiger partial charge in [0, 0.05) is 30.6 Å². The van der Waals surface area contributed by atoms with Crippen molar-refractivity contribution in [1.29, 1.82) is 0 Å². The van der Waals surface area contributed by atoms with Gasteiger partial charge in [0.1, 0.15) is 11.6 Å². The van der Waals surface area contributed by atoms with Crippen molar-refractivity contribution in [1.82, 2.24) is 0 Å². The first-order valence-corrected chi connectivity index (χ1v) is 10.6. The molecule has 0 fully saturated rings. The smallest absolute Gasteiger partial charge is 0.420 e. The first-order chi connectivity index (χ1) is 14.6. The molecule has 4 nitrogen and oxygen atoms in total. The maximum absolute atomic E-state index is 15.0. The van der Waals surface area contributed by atoms with Crippen LogP contribution in [0.3, 0.4) is 0 Å². The zero-order chi connectivity index (χ0) is 24.1. The van der Waals surface area contributed by atoms with Gasteiger partial charge in [-0.05, 0) is 36.8 Å². The molecule has 1 aliphatic heterocycles. The lowest BCUT2D eigenvalue weighted by molar-refractivity contribution is -0.139. The van der Waals surface area contributed by atoms with Crippen LogP contribution >= 0.6 is 0 Å². The number of fused-ring (bicyclic) bond motifs is 1. The topological polar surface area (TPSA) is 57.6 Å². The number of aromatic hydroxyl groups is 1.